The van der Waals surface area contributed by atoms with Gasteiger partial charge in [-0.15, -0.1) is 13.2 Å². The van der Waals surface area contributed by atoms with Crippen molar-refractivity contribution in [2.45, 2.75) is 19.5 Å². The topological polar surface area (TPSA) is 62.3 Å². The van der Waals surface area contributed by atoms with E-state index in [1.54, 1.807) is 24.5 Å². The van der Waals surface area contributed by atoms with Crippen molar-refractivity contribution in [3.63, 3.8) is 0 Å². The number of anilines is 3. The number of aromatic nitrogens is 2. The Bertz CT molecular complexity index is 997. The van der Waals surface area contributed by atoms with Crippen molar-refractivity contribution in [2.75, 3.05) is 23.7 Å². The maximum atomic E-state index is 12.5. The van der Waals surface area contributed by atoms with Crippen LogP contribution in [0, 0.1) is 0 Å². The number of nitrogens with zero attached hydrogens (tertiary/aromatic N) is 3. The first-order valence-electron chi connectivity index (χ1n) is 9.41. The summed E-state index contributed by atoms with van der Waals surface area (Å²) in [5.41, 5.74) is 3.60. The fraction of sp³-hybridized carbons (Fsp3) is 0.238. The van der Waals surface area contributed by atoms with E-state index >= 15 is 0 Å². The summed E-state index contributed by atoms with van der Waals surface area (Å²) in [5, 5.41) is 6.62. The Kier molecular flexibility index (Phi) is 5.71. The normalized spacial score (nSPS) is 14.4. The summed E-state index contributed by atoms with van der Waals surface area (Å²) in [6, 6.07) is 11.8. The van der Waals surface area contributed by atoms with E-state index in [9.17, 15) is 13.2 Å². The number of pyridine rings is 2. The fourth-order valence-electron chi connectivity index (χ4n) is 3.33. The molecule has 1 aliphatic rings. The zero-order chi connectivity index (χ0) is 21.0. The highest BCUT2D eigenvalue weighted by Gasteiger charge is 2.31. The molecule has 0 saturated carbocycles. The van der Waals surface area contributed by atoms with Gasteiger partial charge in [0.05, 0.1) is 11.9 Å². The average Bonchev–Trinajstić information content (AvgIpc) is 2.89. The molecule has 0 fully saturated rings. The van der Waals surface area contributed by atoms with Crippen LogP contribution in [0.15, 0.2) is 61.1 Å². The molecule has 0 spiro atoms. The summed E-state index contributed by atoms with van der Waals surface area (Å²) in [7, 11) is 0. The molecule has 0 atom stereocenters. The molecule has 9 heteroatoms. The van der Waals surface area contributed by atoms with E-state index in [0.29, 0.717) is 25.5 Å². The minimum atomic E-state index is -4.70. The lowest BCUT2D eigenvalue weighted by atomic mass is 10.1. The summed E-state index contributed by atoms with van der Waals surface area (Å²) < 4.78 is 41.4. The van der Waals surface area contributed by atoms with Crippen LogP contribution in [0.25, 0.3) is 0 Å². The molecule has 3 heterocycles. The number of rotatable bonds is 5. The van der Waals surface area contributed by atoms with Gasteiger partial charge in [-0.1, -0.05) is 12.1 Å². The Labute approximate surface area is 171 Å². The largest absolute Gasteiger partial charge is 0.573 e. The molecule has 30 heavy (non-hydrogen) atoms. The van der Waals surface area contributed by atoms with Crippen LogP contribution in [0.1, 0.15) is 11.1 Å². The molecule has 1 aliphatic heterocycles. The Morgan fingerprint density at radius 1 is 1.13 bits per heavy atom. The highest BCUT2D eigenvalue weighted by molar-refractivity contribution is 5.63. The zero-order valence-electron chi connectivity index (χ0n) is 16.0. The molecule has 156 valence electrons. The molecule has 4 rings (SSSR count). The third-order valence-corrected chi connectivity index (χ3v) is 4.60. The van der Waals surface area contributed by atoms with Gasteiger partial charge in [0.15, 0.2) is 0 Å². The molecule has 2 aromatic heterocycles. The van der Waals surface area contributed by atoms with Gasteiger partial charge in [-0.2, -0.15) is 0 Å². The summed E-state index contributed by atoms with van der Waals surface area (Å²) in [6.45, 7) is 2.59. The van der Waals surface area contributed by atoms with E-state index in [0.717, 1.165) is 29.0 Å². The maximum Gasteiger partial charge on any atom is 0.573 e. The molecule has 6 nitrogen and oxygen atoms in total. The van der Waals surface area contributed by atoms with E-state index < -0.39 is 6.36 Å². The molecule has 0 saturated heterocycles. The molecular formula is C21H20F3N5O. The fourth-order valence-corrected chi connectivity index (χ4v) is 3.33. The van der Waals surface area contributed by atoms with E-state index in [4.69, 9.17) is 0 Å². The number of halogens is 3. The van der Waals surface area contributed by atoms with Crippen LogP contribution in [0.4, 0.5) is 30.4 Å². The second-order valence-electron chi connectivity index (χ2n) is 6.93. The predicted molar refractivity (Wildman–Crippen MR) is 107 cm³/mol. The zero-order valence-corrected chi connectivity index (χ0v) is 16.0. The highest BCUT2D eigenvalue weighted by atomic mass is 19.4. The van der Waals surface area contributed by atoms with E-state index in [1.165, 1.54) is 12.1 Å². The van der Waals surface area contributed by atoms with Gasteiger partial charge in [0.1, 0.15) is 11.6 Å². The summed E-state index contributed by atoms with van der Waals surface area (Å²) in [5.74, 6) is 0.501. The van der Waals surface area contributed by atoms with Crippen molar-refractivity contribution in [2.24, 2.45) is 0 Å². The van der Waals surface area contributed by atoms with Gasteiger partial charge in [-0.3, -0.25) is 9.88 Å². The standard InChI is InChI=1S/C21H20F3N5O/c22-21(23,24)30-18-5-1-3-15(9-18)13-29-8-7-26-19-10-20(27-11-16(19)14-29)28-17-4-2-6-25-12-17/h1-6,9-12,26H,7-8,13-14H2,(H,27,28). The Morgan fingerprint density at radius 2 is 2.03 bits per heavy atom. The first-order valence-corrected chi connectivity index (χ1v) is 9.41. The van der Waals surface area contributed by atoms with E-state index in [1.807, 2.05) is 24.4 Å². The van der Waals surface area contributed by atoms with Gasteiger partial charge in [0, 0.05) is 55.9 Å². The first-order chi connectivity index (χ1) is 14.4. The lowest BCUT2D eigenvalue weighted by Gasteiger charge is -2.20. The second kappa shape index (κ2) is 8.58. The SMILES string of the molecule is FC(F)(F)Oc1cccc(CN2CCNc3cc(Nc4cccnc4)ncc3C2)c1. The second-order valence-corrected chi connectivity index (χ2v) is 6.93. The molecule has 0 aliphatic carbocycles. The Hall–Kier alpha value is -3.33. The maximum absolute atomic E-state index is 12.5. The van der Waals surface area contributed by atoms with Crippen LogP contribution < -0.4 is 15.4 Å². The van der Waals surface area contributed by atoms with Crippen molar-refractivity contribution < 1.29 is 17.9 Å². The van der Waals surface area contributed by atoms with Gasteiger partial charge in [-0.25, -0.2) is 4.98 Å². The van der Waals surface area contributed by atoms with Crippen LogP contribution in [0.5, 0.6) is 5.75 Å². The van der Waals surface area contributed by atoms with Crippen LogP contribution in [0.2, 0.25) is 0 Å². The number of fused-ring (bicyclic) bond motifs is 1. The Balaban J connectivity index is 1.44. The van der Waals surface area contributed by atoms with Crippen molar-refractivity contribution in [3.8, 4) is 5.75 Å². The van der Waals surface area contributed by atoms with Crippen LogP contribution in [0.3, 0.4) is 0 Å². The number of hydrogen-bond acceptors (Lipinski definition) is 6. The molecule has 0 amide bonds. The monoisotopic (exact) mass is 415 g/mol. The lowest BCUT2D eigenvalue weighted by molar-refractivity contribution is -0.274. The van der Waals surface area contributed by atoms with Crippen molar-refractivity contribution in [1.82, 2.24) is 14.9 Å². The minimum Gasteiger partial charge on any atom is -0.406 e. The molecule has 0 radical (unpaired) electrons. The summed E-state index contributed by atoms with van der Waals surface area (Å²) >= 11 is 0. The van der Waals surface area contributed by atoms with Crippen LogP contribution in [-0.4, -0.2) is 34.3 Å². The van der Waals surface area contributed by atoms with Crippen LogP contribution >= 0.6 is 0 Å². The van der Waals surface area contributed by atoms with Gasteiger partial charge in [0.25, 0.3) is 0 Å². The Morgan fingerprint density at radius 3 is 2.83 bits per heavy atom. The van der Waals surface area contributed by atoms with Gasteiger partial charge in [-0.05, 0) is 29.8 Å². The van der Waals surface area contributed by atoms with E-state index in [-0.39, 0.29) is 5.75 Å². The number of hydrogen-bond donors (Lipinski definition) is 2. The predicted octanol–water partition coefficient (Wildman–Crippen LogP) is 4.55. The third kappa shape index (κ3) is 5.38. The molecule has 0 unspecified atom stereocenters. The van der Waals surface area contributed by atoms with Crippen LogP contribution in [-0.2, 0) is 13.1 Å². The van der Waals surface area contributed by atoms with Crippen molar-refractivity contribution in [1.29, 1.82) is 0 Å². The third-order valence-electron chi connectivity index (χ3n) is 4.60. The van der Waals surface area contributed by atoms with Gasteiger partial charge in [0.2, 0.25) is 0 Å². The summed E-state index contributed by atoms with van der Waals surface area (Å²) in [6.07, 6.45) is 0.537. The minimum absolute atomic E-state index is 0.207. The number of ether oxygens (including phenoxy) is 1. The van der Waals surface area contributed by atoms with Gasteiger partial charge < -0.3 is 15.4 Å². The van der Waals surface area contributed by atoms with Crippen molar-refractivity contribution in [3.05, 3.63) is 72.2 Å². The highest BCUT2D eigenvalue weighted by Crippen LogP contribution is 2.27. The van der Waals surface area contributed by atoms with E-state index in [2.05, 4.69) is 30.2 Å². The molecule has 0 bridgehead atoms. The number of nitrogens with one attached hydrogen (secondary N) is 2. The molecule has 3 aromatic rings. The van der Waals surface area contributed by atoms with Crippen molar-refractivity contribution >= 4 is 17.2 Å². The average molecular weight is 415 g/mol. The molecule has 1 aromatic carbocycles. The molecular weight excluding hydrogens is 395 g/mol. The lowest BCUT2D eigenvalue weighted by Crippen LogP contribution is -2.25. The van der Waals surface area contributed by atoms with Gasteiger partial charge >= 0.3 is 6.36 Å². The first kappa shape index (κ1) is 20.0. The number of benzene rings is 1. The molecule has 2 N–H and O–H groups in total. The quantitative estimate of drug-likeness (QED) is 0.638. The summed E-state index contributed by atoms with van der Waals surface area (Å²) in [4.78, 5) is 10.7. The number of alkyl halides is 3. The smallest absolute Gasteiger partial charge is 0.406 e.